The Balaban J connectivity index is 3.26. The molecule has 1 atom stereocenters. The number of sulfonamides is 1. The highest BCUT2D eigenvalue weighted by atomic mass is 79.9. The van der Waals surface area contributed by atoms with Gasteiger partial charge in [0.2, 0.25) is 10.0 Å². The predicted molar refractivity (Wildman–Crippen MR) is 70.1 cm³/mol. The maximum absolute atomic E-state index is 12.2. The van der Waals surface area contributed by atoms with Crippen LogP contribution in [0.25, 0.3) is 0 Å². The largest absolute Gasteiger partial charge is 0.399 e. The molecule has 0 radical (unpaired) electrons. The highest BCUT2D eigenvalue weighted by molar-refractivity contribution is 9.10. The van der Waals surface area contributed by atoms with Crippen molar-refractivity contribution in [3.8, 4) is 0 Å². The molecule has 96 valence electrons. The molecule has 0 bridgehead atoms. The molecular formula is C10H15BrN2O3S. The Morgan fingerprint density at radius 1 is 1.53 bits per heavy atom. The summed E-state index contributed by atoms with van der Waals surface area (Å²) in [7, 11) is -2.23. The van der Waals surface area contributed by atoms with Gasteiger partial charge in [-0.25, -0.2) is 8.42 Å². The number of nitrogens with zero attached hydrogens (tertiary/aromatic N) is 1. The monoisotopic (exact) mass is 322 g/mol. The Morgan fingerprint density at radius 3 is 2.65 bits per heavy atom. The number of nitrogen functional groups attached to an aromatic ring is 1. The van der Waals surface area contributed by atoms with Crippen molar-refractivity contribution in [3.63, 3.8) is 0 Å². The van der Waals surface area contributed by atoms with E-state index in [1.54, 1.807) is 19.1 Å². The van der Waals surface area contributed by atoms with Crippen molar-refractivity contribution in [1.29, 1.82) is 0 Å². The third-order valence-electron chi connectivity index (χ3n) is 2.50. The van der Waals surface area contributed by atoms with Crippen LogP contribution < -0.4 is 5.73 Å². The van der Waals surface area contributed by atoms with Gasteiger partial charge in [-0.3, -0.25) is 0 Å². The number of rotatable bonds is 4. The van der Waals surface area contributed by atoms with E-state index >= 15 is 0 Å². The summed E-state index contributed by atoms with van der Waals surface area (Å²) in [4.78, 5) is 0.0975. The van der Waals surface area contributed by atoms with Crippen LogP contribution in [0.1, 0.15) is 6.92 Å². The molecule has 0 fully saturated rings. The maximum atomic E-state index is 12.2. The second-order valence-electron chi connectivity index (χ2n) is 3.74. The summed E-state index contributed by atoms with van der Waals surface area (Å²) in [6, 6.07) is 4.09. The summed E-state index contributed by atoms with van der Waals surface area (Å²) in [5.41, 5.74) is 5.95. The van der Waals surface area contributed by atoms with E-state index in [-0.39, 0.29) is 11.5 Å². The summed E-state index contributed by atoms with van der Waals surface area (Å²) >= 11 is 3.18. The Hall–Kier alpha value is -0.630. The fourth-order valence-corrected chi connectivity index (χ4v) is 3.54. The molecule has 1 unspecified atom stereocenters. The van der Waals surface area contributed by atoms with Crippen molar-refractivity contribution in [3.05, 3.63) is 22.7 Å². The lowest BCUT2D eigenvalue weighted by Gasteiger charge is -2.23. The third kappa shape index (κ3) is 2.98. The van der Waals surface area contributed by atoms with Gasteiger partial charge in [0, 0.05) is 23.2 Å². The topological polar surface area (TPSA) is 83.6 Å². The second kappa shape index (κ2) is 5.34. The standard InChI is InChI=1S/C10H15BrN2O3S/c1-7(6-14)13(2)17(15,16)10-5-8(12)3-4-9(10)11/h3-5,7,14H,6,12H2,1-2H3. The van der Waals surface area contributed by atoms with E-state index in [0.29, 0.717) is 10.2 Å². The summed E-state index contributed by atoms with van der Waals surface area (Å²) < 4.78 is 26.0. The van der Waals surface area contributed by atoms with Gasteiger partial charge in [-0.05, 0) is 41.1 Å². The van der Waals surface area contributed by atoms with E-state index in [0.717, 1.165) is 4.31 Å². The summed E-state index contributed by atoms with van der Waals surface area (Å²) in [5, 5.41) is 9.00. The predicted octanol–water partition coefficient (Wildman–Crippen LogP) is 1.03. The smallest absolute Gasteiger partial charge is 0.244 e. The second-order valence-corrected chi connectivity index (χ2v) is 6.56. The molecule has 0 saturated carbocycles. The molecule has 3 N–H and O–H groups in total. The molecule has 0 aliphatic carbocycles. The fraction of sp³-hybridized carbons (Fsp3) is 0.400. The average molecular weight is 323 g/mol. The quantitative estimate of drug-likeness (QED) is 0.811. The van der Waals surface area contributed by atoms with Crippen LogP contribution in [0, 0.1) is 0 Å². The van der Waals surface area contributed by atoms with Crippen molar-refractivity contribution in [2.45, 2.75) is 17.9 Å². The molecule has 0 spiro atoms. The number of hydrogen-bond donors (Lipinski definition) is 2. The van der Waals surface area contributed by atoms with E-state index < -0.39 is 16.1 Å². The first-order valence-electron chi connectivity index (χ1n) is 4.94. The molecule has 0 aliphatic rings. The van der Waals surface area contributed by atoms with Crippen molar-refractivity contribution in [2.75, 3.05) is 19.4 Å². The molecular weight excluding hydrogens is 308 g/mol. The first-order valence-corrected chi connectivity index (χ1v) is 7.18. The number of anilines is 1. The Bertz CT molecular complexity index is 504. The number of likely N-dealkylation sites (N-methyl/N-ethyl adjacent to an activating group) is 1. The Labute approximate surface area is 109 Å². The van der Waals surface area contributed by atoms with Crippen molar-refractivity contribution >= 4 is 31.6 Å². The zero-order valence-electron chi connectivity index (χ0n) is 9.59. The van der Waals surface area contributed by atoms with E-state index in [1.165, 1.54) is 13.1 Å². The van der Waals surface area contributed by atoms with E-state index in [4.69, 9.17) is 10.8 Å². The molecule has 0 heterocycles. The van der Waals surface area contributed by atoms with E-state index in [2.05, 4.69) is 15.9 Å². The van der Waals surface area contributed by atoms with Crippen molar-refractivity contribution < 1.29 is 13.5 Å². The van der Waals surface area contributed by atoms with Gasteiger partial charge in [0.05, 0.1) is 11.5 Å². The number of benzene rings is 1. The van der Waals surface area contributed by atoms with Crippen molar-refractivity contribution in [1.82, 2.24) is 4.31 Å². The lowest BCUT2D eigenvalue weighted by molar-refractivity contribution is 0.214. The molecule has 7 heteroatoms. The van der Waals surface area contributed by atoms with Crippen LogP contribution in [0.3, 0.4) is 0 Å². The summed E-state index contributed by atoms with van der Waals surface area (Å²) in [6.45, 7) is 1.38. The van der Waals surface area contributed by atoms with Crippen LogP contribution >= 0.6 is 15.9 Å². The first-order chi connectivity index (χ1) is 7.80. The number of nitrogens with two attached hydrogens (primary N) is 1. The van der Waals surface area contributed by atoms with Crippen LogP contribution in [-0.2, 0) is 10.0 Å². The molecule has 0 saturated heterocycles. The van der Waals surface area contributed by atoms with Gasteiger partial charge in [-0.15, -0.1) is 0 Å². The molecule has 1 aromatic rings. The number of aliphatic hydroxyl groups excluding tert-OH is 1. The lowest BCUT2D eigenvalue weighted by atomic mass is 10.3. The minimum Gasteiger partial charge on any atom is -0.399 e. The average Bonchev–Trinajstić information content (AvgIpc) is 2.30. The number of aliphatic hydroxyl groups is 1. The molecule has 17 heavy (non-hydrogen) atoms. The normalized spacial score (nSPS) is 13.9. The fourth-order valence-electron chi connectivity index (χ4n) is 1.22. The van der Waals surface area contributed by atoms with Gasteiger partial charge in [0.25, 0.3) is 0 Å². The number of hydrogen-bond acceptors (Lipinski definition) is 4. The van der Waals surface area contributed by atoms with Gasteiger partial charge >= 0.3 is 0 Å². The zero-order valence-corrected chi connectivity index (χ0v) is 12.0. The third-order valence-corrected chi connectivity index (χ3v) is 5.46. The van der Waals surface area contributed by atoms with Crippen LogP contribution in [0.5, 0.6) is 0 Å². The highest BCUT2D eigenvalue weighted by Crippen LogP contribution is 2.27. The van der Waals surface area contributed by atoms with E-state index in [9.17, 15) is 8.42 Å². The van der Waals surface area contributed by atoms with Crippen LogP contribution in [0.15, 0.2) is 27.6 Å². The van der Waals surface area contributed by atoms with Gasteiger partial charge in [-0.1, -0.05) is 0 Å². The minimum atomic E-state index is -3.66. The molecule has 5 nitrogen and oxygen atoms in total. The van der Waals surface area contributed by atoms with Gasteiger partial charge in [0.15, 0.2) is 0 Å². The van der Waals surface area contributed by atoms with Crippen LogP contribution in [0.4, 0.5) is 5.69 Å². The lowest BCUT2D eigenvalue weighted by Crippen LogP contribution is -2.37. The summed E-state index contributed by atoms with van der Waals surface area (Å²) in [6.07, 6.45) is 0. The zero-order chi connectivity index (χ0) is 13.2. The molecule has 0 aromatic heterocycles. The van der Waals surface area contributed by atoms with Gasteiger partial charge in [-0.2, -0.15) is 4.31 Å². The SMILES string of the molecule is CC(CO)N(C)S(=O)(=O)c1cc(N)ccc1Br. The highest BCUT2D eigenvalue weighted by Gasteiger charge is 2.27. The van der Waals surface area contributed by atoms with Gasteiger partial charge < -0.3 is 10.8 Å². The van der Waals surface area contributed by atoms with Crippen LogP contribution in [-0.4, -0.2) is 37.5 Å². The Morgan fingerprint density at radius 2 is 2.12 bits per heavy atom. The molecule has 0 aliphatic heterocycles. The first kappa shape index (κ1) is 14.4. The molecule has 0 amide bonds. The minimum absolute atomic E-state index is 0.0975. The summed E-state index contributed by atoms with van der Waals surface area (Å²) in [5.74, 6) is 0. The number of halogens is 1. The van der Waals surface area contributed by atoms with E-state index in [1.807, 2.05) is 0 Å². The molecule has 1 aromatic carbocycles. The Kier molecular flexibility index (Phi) is 4.54. The van der Waals surface area contributed by atoms with Crippen molar-refractivity contribution in [2.24, 2.45) is 0 Å². The van der Waals surface area contributed by atoms with Crippen LogP contribution in [0.2, 0.25) is 0 Å². The molecule has 1 rings (SSSR count). The van der Waals surface area contributed by atoms with Gasteiger partial charge in [0.1, 0.15) is 0 Å². The maximum Gasteiger partial charge on any atom is 0.244 e.